The van der Waals surface area contributed by atoms with Gasteiger partial charge in [0.15, 0.2) is 0 Å². The number of hydrogen-bond acceptors (Lipinski definition) is 3. The van der Waals surface area contributed by atoms with Crippen LogP contribution in [0.5, 0.6) is 0 Å². The highest BCUT2D eigenvalue weighted by molar-refractivity contribution is 5.78. The summed E-state index contributed by atoms with van der Waals surface area (Å²) < 4.78 is 3.51. The van der Waals surface area contributed by atoms with Crippen molar-refractivity contribution in [3.8, 4) is 0 Å². The first kappa shape index (κ1) is 18.9. The Balaban J connectivity index is 1.78. The highest BCUT2D eigenvalue weighted by Crippen LogP contribution is 2.19. The maximum Gasteiger partial charge on any atom is 0.329 e. The standard InChI is InChI=1S/C21H26N4O2/c1-4-14-24-18-7-5-6-8-19(18)25(21(24)27)15-11-20(26)23(3)16(2)17-9-12-22-13-10-17/h5-10,12-13,16H,4,11,14-15H2,1-3H3. The monoisotopic (exact) mass is 366 g/mol. The lowest BCUT2D eigenvalue weighted by Crippen LogP contribution is -2.32. The molecular weight excluding hydrogens is 340 g/mol. The van der Waals surface area contributed by atoms with Crippen molar-refractivity contribution in [3.63, 3.8) is 0 Å². The number of pyridine rings is 1. The SMILES string of the molecule is CCCn1c(=O)n(CCC(=O)N(C)C(C)c2ccncc2)c2ccccc21. The number of benzene rings is 1. The van der Waals surface area contributed by atoms with E-state index in [0.717, 1.165) is 23.0 Å². The van der Waals surface area contributed by atoms with Crippen LogP contribution in [-0.4, -0.2) is 32.0 Å². The maximum atomic E-state index is 12.8. The van der Waals surface area contributed by atoms with Crippen LogP contribution < -0.4 is 5.69 Å². The number of carbonyl (C=O) groups excluding carboxylic acids is 1. The Morgan fingerprint density at radius 3 is 2.26 bits per heavy atom. The molecule has 1 unspecified atom stereocenters. The van der Waals surface area contributed by atoms with Crippen molar-refractivity contribution in [1.29, 1.82) is 0 Å². The van der Waals surface area contributed by atoms with E-state index in [9.17, 15) is 9.59 Å². The molecule has 0 N–H and O–H groups in total. The molecule has 6 nitrogen and oxygen atoms in total. The minimum Gasteiger partial charge on any atom is -0.339 e. The molecule has 0 saturated carbocycles. The Morgan fingerprint density at radius 1 is 1.07 bits per heavy atom. The predicted molar refractivity (Wildman–Crippen MR) is 107 cm³/mol. The van der Waals surface area contributed by atoms with Gasteiger partial charge in [0, 0.05) is 39.0 Å². The van der Waals surface area contributed by atoms with Crippen molar-refractivity contribution >= 4 is 16.9 Å². The van der Waals surface area contributed by atoms with Crippen molar-refractivity contribution in [2.75, 3.05) is 7.05 Å². The summed E-state index contributed by atoms with van der Waals surface area (Å²) in [7, 11) is 1.80. The van der Waals surface area contributed by atoms with Crippen LogP contribution in [0.2, 0.25) is 0 Å². The van der Waals surface area contributed by atoms with E-state index in [1.54, 1.807) is 33.5 Å². The topological polar surface area (TPSA) is 60.1 Å². The fraction of sp³-hybridized carbons (Fsp3) is 0.381. The van der Waals surface area contributed by atoms with Crippen molar-refractivity contribution < 1.29 is 4.79 Å². The van der Waals surface area contributed by atoms with E-state index in [2.05, 4.69) is 11.9 Å². The van der Waals surface area contributed by atoms with Crippen LogP contribution in [0.1, 0.15) is 38.3 Å². The summed E-state index contributed by atoms with van der Waals surface area (Å²) in [5.41, 5.74) is 2.80. The molecule has 0 saturated heterocycles. The van der Waals surface area contributed by atoms with Crippen LogP contribution in [0.3, 0.4) is 0 Å². The van der Waals surface area contributed by atoms with Crippen LogP contribution in [-0.2, 0) is 17.9 Å². The highest BCUT2D eigenvalue weighted by atomic mass is 16.2. The quantitative estimate of drug-likeness (QED) is 0.645. The third-order valence-electron chi connectivity index (χ3n) is 5.08. The Kier molecular flexibility index (Phi) is 5.74. The van der Waals surface area contributed by atoms with Gasteiger partial charge in [0.2, 0.25) is 5.91 Å². The molecule has 2 heterocycles. The molecule has 0 aliphatic rings. The lowest BCUT2D eigenvalue weighted by atomic mass is 10.1. The smallest absolute Gasteiger partial charge is 0.329 e. The number of amides is 1. The van der Waals surface area contributed by atoms with E-state index in [1.165, 1.54) is 0 Å². The van der Waals surface area contributed by atoms with E-state index >= 15 is 0 Å². The lowest BCUT2D eigenvalue weighted by molar-refractivity contribution is -0.132. The molecule has 3 rings (SSSR count). The first-order valence-corrected chi connectivity index (χ1v) is 9.38. The number of carbonyl (C=O) groups is 1. The van der Waals surface area contributed by atoms with E-state index in [-0.39, 0.29) is 24.1 Å². The Labute approximate surface area is 159 Å². The third-order valence-corrected chi connectivity index (χ3v) is 5.08. The zero-order valence-corrected chi connectivity index (χ0v) is 16.1. The average Bonchev–Trinajstić information content (AvgIpc) is 2.97. The molecule has 0 aliphatic carbocycles. The van der Waals surface area contributed by atoms with Gasteiger partial charge in [0.25, 0.3) is 0 Å². The molecule has 27 heavy (non-hydrogen) atoms. The largest absolute Gasteiger partial charge is 0.339 e. The number of nitrogens with zero attached hydrogens (tertiary/aromatic N) is 4. The number of fused-ring (bicyclic) bond motifs is 1. The fourth-order valence-corrected chi connectivity index (χ4v) is 3.39. The molecule has 1 atom stereocenters. The van der Waals surface area contributed by atoms with Gasteiger partial charge in [0.05, 0.1) is 17.1 Å². The number of imidazole rings is 1. The van der Waals surface area contributed by atoms with Crippen LogP contribution in [0.4, 0.5) is 0 Å². The van der Waals surface area contributed by atoms with Gasteiger partial charge in [-0.1, -0.05) is 19.1 Å². The van der Waals surface area contributed by atoms with Gasteiger partial charge >= 0.3 is 5.69 Å². The van der Waals surface area contributed by atoms with Gasteiger partial charge in [-0.05, 0) is 43.2 Å². The molecule has 142 valence electrons. The van der Waals surface area contributed by atoms with Crippen molar-refractivity contribution in [1.82, 2.24) is 19.0 Å². The van der Waals surface area contributed by atoms with Gasteiger partial charge < -0.3 is 4.90 Å². The number of aryl methyl sites for hydroxylation is 2. The first-order valence-electron chi connectivity index (χ1n) is 9.38. The van der Waals surface area contributed by atoms with Gasteiger partial charge in [-0.15, -0.1) is 0 Å². The highest BCUT2D eigenvalue weighted by Gasteiger charge is 2.19. The Hall–Kier alpha value is -2.89. The molecule has 0 fully saturated rings. The molecule has 2 aromatic heterocycles. The normalized spacial score (nSPS) is 12.3. The van der Waals surface area contributed by atoms with Crippen molar-refractivity contribution in [2.45, 2.75) is 45.8 Å². The van der Waals surface area contributed by atoms with Crippen LogP contribution in [0, 0.1) is 0 Å². The van der Waals surface area contributed by atoms with Gasteiger partial charge in [-0.2, -0.15) is 0 Å². The number of para-hydroxylation sites is 2. The minimum absolute atomic E-state index is 0.0125. The van der Waals surface area contributed by atoms with Gasteiger partial charge in [-0.3, -0.25) is 18.9 Å². The zero-order valence-electron chi connectivity index (χ0n) is 16.1. The van der Waals surface area contributed by atoms with E-state index in [1.807, 2.05) is 43.3 Å². The summed E-state index contributed by atoms with van der Waals surface area (Å²) in [6.45, 7) is 5.10. The van der Waals surface area contributed by atoms with E-state index < -0.39 is 0 Å². The predicted octanol–water partition coefficient (Wildman–Crippen LogP) is 3.22. The first-order chi connectivity index (χ1) is 13.0. The summed E-state index contributed by atoms with van der Waals surface area (Å²) in [5, 5.41) is 0. The third kappa shape index (κ3) is 3.79. The molecule has 0 aliphatic heterocycles. The van der Waals surface area contributed by atoms with Crippen molar-refractivity contribution in [3.05, 3.63) is 64.8 Å². The van der Waals surface area contributed by atoms with Crippen LogP contribution in [0.25, 0.3) is 11.0 Å². The summed E-state index contributed by atoms with van der Waals surface area (Å²) >= 11 is 0. The van der Waals surface area contributed by atoms with Gasteiger partial charge in [-0.25, -0.2) is 4.79 Å². The second-order valence-electron chi connectivity index (χ2n) is 6.79. The molecule has 0 spiro atoms. The van der Waals surface area contributed by atoms with E-state index in [0.29, 0.717) is 13.1 Å². The van der Waals surface area contributed by atoms with Gasteiger partial charge in [0.1, 0.15) is 0 Å². The molecule has 1 amide bonds. The van der Waals surface area contributed by atoms with E-state index in [4.69, 9.17) is 0 Å². The lowest BCUT2D eigenvalue weighted by Gasteiger charge is -2.25. The molecule has 1 aromatic carbocycles. The molecule has 6 heteroatoms. The second kappa shape index (κ2) is 8.20. The minimum atomic E-state index is -0.0457. The van der Waals surface area contributed by atoms with Crippen molar-refractivity contribution in [2.24, 2.45) is 0 Å². The molecule has 0 bridgehead atoms. The molecule has 0 radical (unpaired) electrons. The summed E-state index contributed by atoms with van der Waals surface area (Å²) in [6.07, 6.45) is 4.63. The Bertz CT molecular complexity index is 975. The summed E-state index contributed by atoms with van der Waals surface area (Å²) in [4.78, 5) is 31.3. The number of aromatic nitrogens is 3. The summed E-state index contributed by atoms with van der Waals surface area (Å²) in [5.74, 6) is 0.0125. The maximum absolute atomic E-state index is 12.8. The average molecular weight is 366 g/mol. The molecule has 3 aromatic rings. The van der Waals surface area contributed by atoms with Crippen LogP contribution in [0.15, 0.2) is 53.6 Å². The zero-order chi connectivity index (χ0) is 19.4. The fourth-order valence-electron chi connectivity index (χ4n) is 3.39. The number of hydrogen-bond donors (Lipinski definition) is 0. The molecular formula is C21H26N4O2. The summed E-state index contributed by atoms with van der Waals surface area (Å²) in [6, 6.07) is 11.5. The number of rotatable bonds is 7. The van der Waals surface area contributed by atoms with Crippen LogP contribution >= 0.6 is 0 Å². The second-order valence-corrected chi connectivity index (χ2v) is 6.79. The Morgan fingerprint density at radius 2 is 1.67 bits per heavy atom.